The largest absolute Gasteiger partial charge is 0.286 e. The first-order chi connectivity index (χ1) is 15.6. The summed E-state index contributed by atoms with van der Waals surface area (Å²) in [7, 11) is 0. The zero-order valence-corrected chi connectivity index (χ0v) is 17.2. The molecule has 0 radical (unpaired) electrons. The van der Waals surface area contributed by atoms with E-state index in [2.05, 4.69) is 26.1 Å². The van der Waals surface area contributed by atoms with Gasteiger partial charge in [0.05, 0.1) is 16.3 Å². The first-order valence-electron chi connectivity index (χ1n) is 9.31. The number of para-hydroxylation sites is 1. The maximum Gasteiger partial charge on any atom is 0.269 e. The van der Waals surface area contributed by atoms with Crippen molar-refractivity contribution >= 4 is 34.0 Å². The first-order valence-corrected chi connectivity index (χ1v) is 10.1. The average molecular weight is 445 g/mol. The number of tetrazole rings is 1. The third-order valence-corrected chi connectivity index (χ3v) is 5.13. The van der Waals surface area contributed by atoms with Crippen LogP contribution < -0.4 is 5.43 Å². The predicted molar refractivity (Wildman–Crippen MR) is 120 cm³/mol. The van der Waals surface area contributed by atoms with Crippen molar-refractivity contribution in [2.75, 3.05) is 5.43 Å². The number of nitrogens with one attached hydrogen (secondary N) is 1. The highest BCUT2D eigenvalue weighted by molar-refractivity contribution is 8.15. The van der Waals surface area contributed by atoms with Crippen molar-refractivity contribution in [1.29, 1.82) is 0 Å². The Morgan fingerprint density at radius 3 is 2.28 bits per heavy atom. The van der Waals surface area contributed by atoms with Gasteiger partial charge in [0, 0.05) is 17.7 Å². The number of thioether (sulfide) groups is 1. The quantitative estimate of drug-likeness (QED) is 0.113. The third kappa shape index (κ3) is 4.84. The molecule has 158 valence electrons. The van der Waals surface area contributed by atoms with Gasteiger partial charge in [-0.15, -0.1) is 5.10 Å². The van der Waals surface area contributed by atoms with Crippen LogP contribution in [-0.2, 0) is 0 Å². The Hall–Kier alpha value is -4.38. The molecular weight excluding hydrogens is 430 g/mol. The first kappa shape index (κ1) is 20.9. The van der Waals surface area contributed by atoms with Crippen molar-refractivity contribution < 1.29 is 9.72 Å². The van der Waals surface area contributed by atoms with Gasteiger partial charge >= 0.3 is 0 Å². The van der Waals surface area contributed by atoms with Gasteiger partial charge in [-0.1, -0.05) is 48.5 Å². The van der Waals surface area contributed by atoms with Gasteiger partial charge in [0.15, 0.2) is 5.04 Å². The van der Waals surface area contributed by atoms with Crippen LogP contribution in [0.1, 0.15) is 10.4 Å². The molecule has 0 saturated heterocycles. The van der Waals surface area contributed by atoms with Crippen LogP contribution in [0.2, 0.25) is 0 Å². The maximum absolute atomic E-state index is 13.1. The second-order valence-corrected chi connectivity index (χ2v) is 7.29. The SMILES string of the molecule is O=C(/C(=N/Nc1ccc([N+](=O)[O-])cc1)Sc1nnnn1-c1ccccc1)c1ccccc1. The fourth-order valence-electron chi connectivity index (χ4n) is 2.67. The summed E-state index contributed by atoms with van der Waals surface area (Å²) in [5.74, 6) is -0.326. The van der Waals surface area contributed by atoms with Crippen LogP contribution in [0.25, 0.3) is 5.69 Å². The van der Waals surface area contributed by atoms with Crippen LogP contribution in [-0.4, -0.2) is 36.0 Å². The molecule has 1 N–H and O–H groups in total. The summed E-state index contributed by atoms with van der Waals surface area (Å²) in [6.45, 7) is 0. The average Bonchev–Trinajstić information content (AvgIpc) is 3.31. The summed E-state index contributed by atoms with van der Waals surface area (Å²) in [6, 6.07) is 23.7. The normalized spacial score (nSPS) is 11.2. The second-order valence-electron chi connectivity index (χ2n) is 6.34. The Kier molecular flexibility index (Phi) is 6.28. The number of benzene rings is 3. The molecule has 3 aromatic carbocycles. The second kappa shape index (κ2) is 9.62. The van der Waals surface area contributed by atoms with E-state index in [-0.39, 0.29) is 16.5 Å². The zero-order valence-electron chi connectivity index (χ0n) is 16.4. The van der Waals surface area contributed by atoms with E-state index in [1.54, 1.807) is 24.3 Å². The number of nitrogens with zero attached hydrogens (tertiary/aromatic N) is 6. The molecule has 4 rings (SSSR count). The lowest BCUT2D eigenvalue weighted by atomic mass is 10.1. The Balaban J connectivity index is 1.64. The highest BCUT2D eigenvalue weighted by Crippen LogP contribution is 2.23. The molecule has 1 heterocycles. The number of hydrogen-bond donors (Lipinski definition) is 1. The minimum atomic E-state index is -0.489. The van der Waals surface area contributed by atoms with Gasteiger partial charge in [-0.25, -0.2) is 0 Å². The molecule has 0 aliphatic rings. The standard InChI is InChI=1S/C21H15N7O3S/c29-19(15-7-3-1-4-8-15)20(23-22-16-11-13-18(14-12-16)28(30)31)32-21-24-25-26-27(21)17-9-5-2-6-10-17/h1-14,22H/b23-20-. The van der Waals surface area contributed by atoms with E-state index >= 15 is 0 Å². The zero-order chi connectivity index (χ0) is 22.3. The summed E-state index contributed by atoms with van der Waals surface area (Å²) >= 11 is 1.00. The molecule has 0 aliphatic carbocycles. The Bertz CT molecular complexity index is 1260. The van der Waals surface area contributed by atoms with E-state index in [0.717, 1.165) is 17.4 Å². The highest BCUT2D eigenvalue weighted by Gasteiger charge is 2.20. The van der Waals surface area contributed by atoms with Crippen molar-refractivity contribution in [3.8, 4) is 5.69 Å². The van der Waals surface area contributed by atoms with Gasteiger partial charge in [0.25, 0.3) is 5.69 Å². The van der Waals surface area contributed by atoms with Gasteiger partial charge in [0.1, 0.15) is 0 Å². The minimum absolute atomic E-state index is 0.0449. The number of carbonyl (C=O) groups excluding carboxylic acids is 1. The van der Waals surface area contributed by atoms with E-state index in [9.17, 15) is 14.9 Å². The summed E-state index contributed by atoms with van der Waals surface area (Å²) in [5.41, 5.74) is 4.40. The molecule has 0 atom stereocenters. The molecule has 1 aromatic heterocycles. The molecule has 0 aliphatic heterocycles. The third-order valence-electron chi connectivity index (χ3n) is 4.22. The smallest absolute Gasteiger partial charge is 0.269 e. The predicted octanol–water partition coefficient (Wildman–Crippen LogP) is 3.97. The lowest BCUT2D eigenvalue weighted by Gasteiger charge is -2.07. The monoisotopic (exact) mass is 445 g/mol. The number of anilines is 1. The van der Waals surface area contributed by atoms with E-state index in [1.807, 2.05) is 36.4 Å². The van der Waals surface area contributed by atoms with Crippen LogP contribution in [0.3, 0.4) is 0 Å². The summed E-state index contributed by atoms with van der Waals surface area (Å²) in [5, 5.41) is 27.3. The summed E-state index contributed by atoms with van der Waals surface area (Å²) in [6.07, 6.45) is 0. The molecule has 4 aromatic rings. The summed E-state index contributed by atoms with van der Waals surface area (Å²) in [4.78, 5) is 23.5. The number of aromatic nitrogens is 4. The van der Waals surface area contributed by atoms with Crippen LogP contribution in [0.4, 0.5) is 11.4 Å². The van der Waals surface area contributed by atoms with Gasteiger partial charge in [-0.05, 0) is 46.5 Å². The Morgan fingerprint density at radius 1 is 0.969 bits per heavy atom. The molecular formula is C21H15N7O3S. The van der Waals surface area contributed by atoms with Crippen molar-refractivity contribution in [3.05, 3.63) is 101 Å². The summed E-state index contributed by atoms with van der Waals surface area (Å²) < 4.78 is 1.50. The fourth-order valence-corrected chi connectivity index (χ4v) is 3.45. The van der Waals surface area contributed by atoms with Crippen molar-refractivity contribution in [2.24, 2.45) is 5.10 Å². The van der Waals surface area contributed by atoms with E-state index in [4.69, 9.17) is 0 Å². The lowest BCUT2D eigenvalue weighted by molar-refractivity contribution is -0.384. The molecule has 0 spiro atoms. The minimum Gasteiger partial charge on any atom is -0.286 e. The molecule has 10 nitrogen and oxygen atoms in total. The fraction of sp³-hybridized carbons (Fsp3) is 0. The van der Waals surface area contributed by atoms with Crippen LogP contribution in [0.15, 0.2) is 95.2 Å². The van der Waals surface area contributed by atoms with Gasteiger partial charge < -0.3 is 0 Å². The Labute approximate surface area is 186 Å². The maximum atomic E-state index is 13.1. The number of nitro benzene ring substituents is 1. The number of rotatable bonds is 7. The highest BCUT2D eigenvalue weighted by atomic mass is 32.2. The molecule has 0 amide bonds. The van der Waals surface area contributed by atoms with Crippen LogP contribution >= 0.6 is 11.8 Å². The number of hydrogen-bond acceptors (Lipinski definition) is 9. The van der Waals surface area contributed by atoms with Gasteiger partial charge in [-0.2, -0.15) is 9.78 Å². The topological polar surface area (TPSA) is 128 Å². The number of ketones is 1. The molecule has 32 heavy (non-hydrogen) atoms. The van der Waals surface area contributed by atoms with Crippen molar-refractivity contribution in [2.45, 2.75) is 5.16 Å². The number of hydrazone groups is 1. The number of non-ortho nitro benzene ring substituents is 1. The van der Waals surface area contributed by atoms with Gasteiger partial charge in [-0.3, -0.25) is 20.3 Å². The molecule has 0 saturated carbocycles. The molecule has 0 bridgehead atoms. The number of nitro groups is 1. The van der Waals surface area contributed by atoms with Gasteiger partial charge in [0.2, 0.25) is 10.9 Å². The lowest BCUT2D eigenvalue weighted by Crippen LogP contribution is -2.14. The molecule has 0 fully saturated rings. The van der Waals surface area contributed by atoms with E-state index in [1.165, 1.54) is 28.9 Å². The van der Waals surface area contributed by atoms with Crippen LogP contribution in [0.5, 0.6) is 0 Å². The number of Topliss-reactive ketones (excluding diaryl/α,β-unsaturated/α-hetero) is 1. The molecule has 11 heteroatoms. The van der Waals surface area contributed by atoms with Crippen molar-refractivity contribution in [1.82, 2.24) is 20.2 Å². The van der Waals surface area contributed by atoms with E-state index in [0.29, 0.717) is 16.4 Å². The van der Waals surface area contributed by atoms with Crippen molar-refractivity contribution in [3.63, 3.8) is 0 Å². The van der Waals surface area contributed by atoms with Crippen LogP contribution in [0, 0.1) is 10.1 Å². The Morgan fingerprint density at radius 2 is 1.62 bits per heavy atom. The van der Waals surface area contributed by atoms with E-state index < -0.39 is 4.92 Å². The molecule has 0 unspecified atom stereocenters. The number of carbonyl (C=O) groups is 1.